The fourth-order valence-corrected chi connectivity index (χ4v) is 1.67. The van der Waals surface area contributed by atoms with Crippen molar-refractivity contribution in [2.24, 2.45) is 0 Å². The first-order valence-corrected chi connectivity index (χ1v) is 5.59. The van der Waals surface area contributed by atoms with Gasteiger partial charge >= 0.3 is 5.69 Å². The summed E-state index contributed by atoms with van der Waals surface area (Å²) in [5, 5.41) is 10.7. The minimum absolute atomic E-state index is 0.0796. The lowest BCUT2D eigenvalue weighted by molar-refractivity contribution is -0.384. The number of rotatable bonds is 4. The van der Waals surface area contributed by atoms with Crippen LogP contribution in [0.5, 0.6) is 0 Å². The van der Waals surface area contributed by atoms with Gasteiger partial charge in [0.25, 0.3) is 0 Å². The summed E-state index contributed by atoms with van der Waals surface area (Å²) in [6.45, 7) is 0.618. The van der Waals surface area contributed by atoms with E-state index in [0.717, 1.165) is 5.56 Å². The number of pyridine rings is 2. The molecule has 0 unspecified atom stereocenters. The average Bonchev–Trinajstić information content (AvgIpc) is 2.39. The molecule has 7 nitrogen and oxygen atoms in total. The highest BCUT2D eigenvalue weighted by Gasteiger charge is 2.14. The largest absolute Gasteiger partial charge is 0.378 e. The Hall–Kier alpha value is -2.70. The summed E-state index contributed by atoms with van der Waals surface area (Å²) in [4.78, 5) is 19.9. The normalized spacial score (nSPS) is 10.2. The number of hydrogen-bond acceptors (Lipinski definition) is 6. The molecule has 0 aliphatic rings. The van der Waals surface area contributed by atoms with Crippen molar-refractivity contribution in [2.75, 3.05) is 17.7 Å². The van der Waals surface area contributed by atoms with Gasteiger partial charge in [-0.1, -0.05) is 0 Å². The molecular formula is C12H13N5O2. The van der Waals surface area contributed by atoms with Gasteiger partial charge in [-0.25, -0.2) is 4.98 Å². The van der Waals surface area contributed by atoms with Gasteiger partial charge in [-0.05, 0) is 23.8 Å². The predicted octanol–water partition coefficient (Wildman–Crippen LogP) is 1.60. The molecule has 2 N–H and O–H groups in total. The Morgan fingerprint density at radius 2 is 2.00 bits per heavy atom. The maximum Gasteiger partial charge on any atom is 0.311 e. The van der Waals surface area contributed by atoms with Crippen LogP contribution in [0.2, 0.25) is 0 Å². The summed E-state index contributed by atoms with van der Waals surface area (Å²) in [6, 6.07) is 6.73. The minimum atomic E-state index is -0.547. The molecule has 2 aromatic heterocycles. The summed E-state index contributed by atoms with van der Waals surface area (Å²) < 4.78 is 0. The predicted molar refractivity (Wildman–Crippen MR) is 71.6 cm³/mol. The van der Waals surface area contributed by atoms with Gasteiger partial charge in [0.1, 0.15) is 5.82 Å². The maximum atomic E-state index is 10.7. The first kappa shape index (κ1) is 12.7. The Morgan fingerprint density at radius 1 is 1.32 bits per heavy atom. The number of nitrogen functional groups attached to an aromatic ring is 1. The van der Waals surface area contributed by atoms with Crippen LogP contribution in [0.3, 0.4) is 0 Å². The van der Waals surface area contributed by atoms with E-state index in [-0.39, 0.29) is 11.5 Å². The lowest BCUT2D eigenvalue weighted by Gasteiger charge is -2.18. The maximum absolute atomic E-state index is 10.7. The SMILES string of the molecule is CN(Cc1ccncc1)c1ccc([N+](=O)[O-])c(N)n1. The molecule has 0 amide bonds. The van der Waals surface area contributed by atoms with Crippen molar-refractivity contribution in [3.63, 3.8) is 0 Å². The van der Waals surface area contributed by atoms with Gasteiger partial charge in [0.2, 0.25) is 5.82 Å². The standard InChI is InChI=1S/C12H13N5O2/c1-16(8-9-4-6-14-7-5-9)11-3-2-10(17(18)19)12(13)15-11/h2-7H,8H2,1H3,(H2,13,15). The summed E-state index contributed by atoms with van der Waals surface area (Å²) in [5.41, 5.74) is 6.45. The summed E-state index contributed by atoms with van der Waals surface area (Å²) in [6.07, 6.45) is 3.42. The third-order valence-electron chi connectivity index (χ3n) is 2.64. The van der Waals surface area contributed by atoms with Crippen molar-refractivity contribution in [2.45, 2.75) is 6.54 Å². The van der Waals surface area contributed by atoms with Crippen LogP contribution in [-0.2, 0) is 6.54 Å². The molecule has 0 aliphatic heterocycles. The van der Waals surface area contributed by atoms with Crippen molar-refractivity contribution in [1.82, 2.24) is 9.97 Å². The van der Waals surface area contributed by atoms with Gasteiger partial charge in [-0.15, -0.1) is 0 Å². The Balaban J connectivity index is 2.18. The van der Waals surface area contributed by atoms with E-state index < -0.39 is 4.92 Å². The molecule has 0 spiro atoms. The van der Waals surface area contributed by atoms with Crippen LogP contribution in [0, 0.1) is 10.1 Å². The van der Waals surface area contributed by atoms with E-state index in [1.54, 1.807) is 18.5 Å². The number of aromatic nitrogens is 2. The molecule has 7 heteroatoms. The second-order valence-corrected chi connectivity index (χ2v) is 4.04. The van der Waals surface area contributed by atoms with Crippen LogP contribution in [-0.4, -0.2) is 21.9 Å². The molecule has 2 aromatic rings. The lowest BCUT2D eigenvalue weighted by Crippen LogP contribution is -2.18. The molecule has 0 aliphatic carbocycles. The highest BCUT2D eigenvalue weighted by molar-refractivity contribution is 5.57. The first-order valence-electron chi connectivity index (χ1n) is 5.59. The fraction of sp³-hybridized carbons (Fsp3) is 0.167. The highest BCUT2D eigenvalue weighted by Crippen LogP contribution is 2.23. The molecule has 0 saturated carbocycles. The van der Waals surface area contributed by atoms with Gasteiger partial charge in [0.05, 0.1) is 4.92 Å². The number of anilines is 2. The Labute approximate surface area is 109 Å². The lowest BCUT2D eigenvalue weighted by atomic mass is 10.2. The van der Waals surface area contributed by atoms with Crippen molar-refractivity contribution in [1.29, 1.82) is 0 Å². The van der Waals surface area contributed by atoms with Gasteiger partial charge in [-0.3, -0.25) is 15.1 Å². The summed E-state index contributed by atoms with van der Waals surface area (Å²) in [5.74, 6) is 0.504. The van der Waals surface area contributed by atoms with Crippen LogP contribution < -0.4 is 10.6 Å². The number of nitro groups is 1. The zero-order valence-electron chi connectivity index (χ0n) is 10.4. The third-order valence-corrected chi connectivity index (χ3v) is 2.64. The Morgan fingerprint density at radius 3 is 2.58 bits per heavy atom. The van der Waals surface area contributed by atoms with Crippen LogP contribution in [0.25, 0.3) is 0 Å². The van der Waals surface area contributed by atoms with Gasteiger partial charge in [0.15, 0.2) is 0 Å². The number of nitrogens with zero attached hydrogens (tertiary/aromatic N) is 4. The van der Waals surface area contributed by atoms with Crippen molar-refractivity contribution >= 4 is 17.3 Å². The molecule has 2 rings (SSSR count). The molecular weight excluding hydrogens is 246 g/mol. The molecule has 0 aromatic carbocycles. The third kappa shape index (κ3) is 2.95. The van der Waals surface area contributed by atoms with Crippen LogP contribution in [0.15, 0.2) is 36.7 Å². The van der Waals surface area contributed by atoms with E-state index in [4.69, 9.17) is 5.73 Å². The molecule has 0 radical (unpaired) electrons. The Kier molecular flexibility index (Phi) is 3.56. The van der Waals surface area contributed by atoms with Gasteiger partial charge in [-0.2, -0.15) is 0 Å². The minimum Gasteiger partial charge on any atom is -0.378 e. The van der Waals surface area contributed by atoms with E-state index in [0.29, 0.717) is 12.4 Å². The molecule has 19 heavy (non-hydrogen) atoms. The molecule has 0 fully saturated rings. The molecule has 98 valence electrons. The zero-order chi connectivity index (χ0) is 13.8. The van der Waals surface area contributed by atoms with E-state index in [1.165, 1.54) is 6.07 Å². The Bertz CT molecular complexity index is 588. The summed E-state index contributed by atoms with van der Waals surface area (Å²) >= 11 is 0. The summed E-state index contributed by atoms with van der Waals surface area (Å²) in [7, 11) is 1.84. The van der Waals surface area contributed by atoms with Crippen LogP contribution >= 0.6 is 0 Å². The molecule has 0 bridgehead atoms. The van der Waals surface area contributed by atoms with E-state index in [9.17, 15) is 10.1 Å². The van der Waals surface area contributed by atoms with E-state index in [2.05, 4.69) is 9.97 Å². The molecule has 0 atom stereocenters. The second-order valence-electron chi connectivity index (χ2n) is 4.04. The van der Waals surface area contributed by atoms with Gasteiger partial charge < -0.3 is 10.6 Å². The quantitative estimate of drug-likeness (QED) is 0.661. The zero-order valence-corrected chi connectivity index (χ0v) is 10.4. The number of hydrogen-bond donors (Lipinski definition) is 1. The topological polar surface area (TPSA) is 98.2 Å². The first-order chi connectivity index (χ1) is 9.08. The fourth-order valence-electron chi connectivity index (χ4n) is 1.67. The molecule has 2 heterocycles. The van der Waals surface area contributed by atoms with Crippen molar-refractivity contribution < 1.29 is 4.92 Å². The van der Waals surface area contributed by atoms with Crippen LogP contribution in [0.4, 0.5) is 17.3 Å². The second kappa shape index (κ2) is 5.30. The van der Waals surface area contributed by atoms with Crippen molar-refractivity contribution in [3.05, 3.63) is 52.3 Å². The average molecular weight is 259 g/mol. The van der Waals surface area contributed by atoms with Crippen LogP contribution in [0.1, 0.15) is 5.56 Å². The smallest absolute Gasteiger partial charge is 0.311 e. The highest BCUT2D eigenvalue weighted by atomic mass is 16.6. The van der Waals surface area contributed by atoms with Gasteiger partial charge in [0, 0.05) is 32.1 Å². The van der Waals surface area contributed by atoms with Crippen molar-refractivity contribution in [3.8, 4) is 0 Å². The number of nitrogens with two attached hydrogens (primary N) is 1. The van der Waals surface area contributed by atoms with E-state index in [1.807, 2.05) is 24.1 Å². The van der Waals surface area contributed by atoms with E-state index >= 15 is 0 Å². The monoisotopic (exact) mass is 259 g/mol. The molecule has 0 saturated heterocycles.